The lowest BCUT2D eigenvalue weighted by Crippen LogP contribution is -2.51. The average Bonchev–Trinajstić information content (AvgIpc) is 2.03. The van der Waals surface area contributed by atoms with Crippen LogP contribution in [-0.4, -0.2) is 23.8 Å². The van der Waals surface area contributed by atoms with E-state index in [4.69, 9.17) is 0 Å². The number of rotatable bonds is 0. The molecule has 2 nitrogen and oxygen atoms in total. The topological polar surface area (TPSA) is 32.3 Å². The number of piperidine rings is 1. The van der Waals surface area contributed by atoms with E-state index in [1.54, 1.807) is 0 Å². The zero-order valence-electron chi connectivity index (χ0n) is 6.97. The first-order valence-corrected chi connectivity index (χ1v) is 4.74. The Kier molecular flexibility index (Phi) is 1.90. The highest BCUT2D eigenvalue weighted by molar-refractivity contribution is 4.94. The van der Waals surface area contributed by atoms with E-state index in [1.165, 1.54) is 19.3 Å². The lowest BCUT2D eigenvalue weighted by molar-refractivity contribution is -0.0671. The second-order valence-electron chi connectivity index (χ2n) is 4.00. The molecular weight excluding hydrogens is 138 g/mol. The van der Waals surface area contributed by atoms with Gasteiger partial charge in [0.25, 0.3) is 0 Å². The van der Waals surface area contributed by atoms with Crippen molar-refractivity contribution in [1.29, 1.82) is 0 Å². The van der Waals surface area contributed by atoms with Crippen LogP contribution in [0.3, 0.4) is 0 Å². The van der Waals surface area contributed by atoms with E-state index in [-0.39, 0.29) is 5.60 Å². The third-order valence-electron chi connectivity index (χ3n) is 3.30. The first-order chi connectivity index (χ1) is 5.31. The Labute approximate surface area is 68.0 Å². The Morgan fingerprint density at radius 2 is 2.18 bits per heavy atom. The molecule has 0 aromatic carbocycles. The van der Waals surface area contributed by atoms with Crippen molar-refractivity contribution in [3.63, 3.8) is 0 Å². The Hall–Kier alpha value is -0.0800. The van der Waals surface area contributed by atoms with E-state index < -0.39 is 0 Å². The van der Waals surface area contributed by atoms with Gasteiger partial charge in [0.1, 0.15) is 0 Å². The van der Waals surface area contributed by atoms with Gasteiger partial charge < -0.3 is 10.4 Å². The van der Waals surface area contributed by atoms with Crippen LogP contribution in [-0.2, 0) is 0 Å². The van der Waals surface area contributed by atoms with E-state index in [2.05, 4.69) is 5.32 Å². The normalized spacial score (nSPS) is 45.0. The molecule has 2 fully saturated rings. The summed E-state index contributed by atoms with van der Waals surface area (Å²) in [4.78, 5) is 0. The SMILES string of the molecule is O[C@]12CCCC[C@@H]1CNCC2. The van der Waals surface area contributed by atoms with E-state index >= 15 is 0 Å². The monoisotopic (exact) mass is 155 g/mol. The van der Waals surface area contributed by atoms with Gasteiger partial charge in [-0.15, -0.1) is 0 Å². The van der Waals surface area contributed by atoms with Gasteiger partial charge in [0.15, 0.2) is 0 Å². The molecule has 0 amide bonds. The molecule has 11 heavy (non-hydrogen) atoms. The van der Waals surface area contributed by atoms with Gasteiger partial charge >= 0.3 is 0 Å². The molecular formula is C9H17NO. The summed E-state index contributed by atoms with van der Waals surface area (Å²) in [6.07, 6.45) is 5.78. The maximum absolute atomic E-state index is 10.2. The highest BCUT2D eigenvalue weighted by atomic mass is 16.3. The predicted octanol–water partition coefficient (Wildman–Crippen LogP) is 0.901. The zero-order chi connectivity index (χ0) is 7.73. The molecule has 1 saturated heterocycles. The largest absolute Gasteiger partial charge is 0.390 e. The van der Waals surface area contributed by atoms with Crippen LogP contribution in [0.15, 0.2) is 0 Å². The fourth-order valence-electron chi connectivity index (χ4n) is 2.50. The highest BCUT2D eigenvalue weighted by Gasteiger charge is 2.39. The lowest BCUT2D eigenvalue weighted by atomic mass is 9.72. The molecule has 1 saturated carbocycles. The minimum atomic E-state index is -0.288. The molecule has 0 aromatic rings. The van der Waals surface area contributed by atoms with E-state index in [0.717, 1.165) is 25.9 Å². The van der Waals surface area contributed by atoms with Gasteiger partial charge in [-0.3, -0.25) is 0 Å². The zero-order valence-corrected chi connectivity index (χ0v) is 6.97. The molecule has 2 aliphatic rings. The van der Waals surface area contributed by atoms with Crippen molar-refractivity contribution in [2.24, 2.45) is 5.92 Å². The Balaban J connectivity index is 2.06. The molecule has 0 aromatic heterocycles. The first kappa shape index (κ1) is 7.56. The van der Waals surface area contributed by atoms with Crippen LogP contribution in [0, 0.1) is 5.92 Å². The van der Waals surface area contributed by atoms with Gasteiger partial charge in [-0.2, -0.15) is 0 Å². The van der Waals surface area contributed by atoms with Crippen molar-refractivity contribution < 1.29 is 5.11 Å². The molecule has 2 rings (SSSR count). The predicted molar refractivity (Wildman–Crippen MR) is 44.4 cm³/mol. The second kappa shape index (κ2) is 2.76. The van der Waals surface area contributed by atoms with Crippen molar-refractivity contribution in [3.8, 4) is 0 Å². The van der Waals surface area contributed by atoms with Crippen LogP contribution in [0.25, 0.3) is 0 Å². The summed E-state index contributed by atoms with van der Waals surface area (Å²) < 4.78 is 0. The van der Waals surface area contributed by atoms with Crippen molar-refractivity contribution in [3.05, 3.63) is 0 Å². The van der Waals surface area contributed by atoms with Crippen molar-refractivity contribution in [2.75, 3.05) is 13.1 Å². The summed E-state index contributed by atoms with van der Waals surface area (Å²) in [6, 6.07) is 0. The van der Waals surface area contributed by atoms with Gasteiger partial charge in [-0.05, 0) is 25.8 Å². The Morgan fingerprint density at radius 3 is 3.00 bits per heavy atom. The maximum atomic E-state index is 10.2. The molecule has 2 heteroatoms. The summed E-state index contributed by atoms with van der Waals surface area (Å²) in [6.45, 7) is 2.05. The lowest BCUT2D eigenvalue weighted by Gasteiger charge is -2.43. The minimum Gasteiger partial charge on any atom is -0.390 e. The van der Waals surface area contributed by atoms with Crippen LogP contribution < -0.4 is 5.32 Å². The molecule has 1 heterocycles. The molecule has 0 radical (unpaired) electrons. The quantitative estimate of drug-likeness (QED) is 0.545. The molecule has 64 valence electrons. The van der Waals surface area contributed by atoms with Gasteiger partial charge in [0.2, 0.25) is 0 Å². The number of aliphatic hydroxyl groups is 1. The van der Waals surface area contributed by atoms with Crippen LogP contribution in [0.1, 0.15) is 32.1 Å². The fourth-order valence-corrected chi connectivity index (χ4v) is 2.50. The first-order valence-electron chi connectivity index (χ1n) is 4.74. The van der Waals surface area contributed by atoms with Crippen LogP contribution >= 0.6 is 0 Å². The summed E-state index contributed by atoms with van der Waals surface area (Å²) in [5.74, 6) is 0.546. The third kappa shape index (κ3) is 1.30. The van der Waals surface area contributed by atoms with E-state index in [0.29, 0.717) is 5.92 Å². The fraction of sp³-hybridized carbons (Fsp3) is 1.00. The molecule has 0 bridgehead atoms. The maximum Gasteiger partial charge on any atom is 0.0700 e. The third-order valence-corrected chi connectivity index (χ3v) is 3.30. The second-order valence-corrected chi connectivity index (χ2v) is 4.00. The number of fused-ring (bicyclic) bond motifs is 1. The Morgan fingerprint density at radius 1 is 1.27 bits per heavy atom. The molecule has 2 N–H and O–H groups in total. The minimum absolute atomic E-state index is 0.288. The average molecular weight is 155 g/mol. The van der Waals surface area contributed by atoms with Gasteiger partial charge in [-0.1, -0.05) is 12.8 Å². The van der Waals surface area contributed by atoms with Crippen LogP contribution in [0.5, 0.6) is 0 Å². The van der Waals surface area contributed by atoms with Gasteiger partial charge in [0, 0.05) is 12.5 Å². The van der Waals surface area contributed by atoms with E-state index in [1.807, 2.05) is 0 Å². The summed E-state index contributed by atoms with van der Waals surface area (Å²) >= 11 is 0. The summed E-state index contributed by atoms with van der Waals surface area (Å²) in [7, 11) is 0. The van der Waals surface area contributed by atoms with Crippen LogP contribution in [0.2, 0.25) is 0 Å². The van der Waals surface area contributed by atoms with Gasteiger partial charge in [-0.25, -0.2) is 0 Å². The molecule has 2 atom stereocenters. The molecule has 0 unspecified atom stereocenters. The van der Waals surface area contributed by atoms with Gasteiger partial charge in [0.05, 0.1) is 5.60 Å². The number of hydrogen-bond acceptors (Lipinski definition) is 2. The van der Waals surface area contributed by atoms with Crippen molar-refractivity contribution in [2.45, 2.75) is 37.7 Å². The molecule has 1 aliphatic heterocycles. The van der Waals surface area contributed by atoms with Crippen molar-refractivity contribution in [1.82, 2.24) is 5.32 Å². The molecule has 0 spiro atoms. The van der Waals surface area contributed by atoms with Crippen molar-refractivity contribution >= 4 is 0 Å². The number of hydrogen-bond donors (Lipinski definition) is 2. The van der Waals surface area contributed by atoms with Crippen LogP contribution in [0.4, 0.5) is 0 Å². The summed E-state index contributed by atoms with van der Waals surface area (Å²) in [5.41, 5.74) is -0.288. The standard InChI is InChI=1S/C9H17NO/c11-9-4-2-1-3-8(9)7-10-6-5-9/h8,10-11H,1-7H2/t8-,9+/m1/s1. The smallest absolute Gasteiger partial charge is 0.0700 e. The highest BCUT2D eigenvalue weighted by Crippen LogP contribution is 2.37. The number of nitrogens with one attached hydrogen (secondary N) is 1. The summed E-state index contributed by atoms with van der Waals surface area (Å²) in [5, 5.41) is 13.5. The Bertz CT molecular complexity index is 134. The molecule has 1 aliphatic carbocycles. The van der Waals surface area contributed by atoms with E-state index in [9.17, 15) is 5.11 Å².